The monoisotopic (exact) mass is 381 g/mol. The topological polar surface area (TPSA) is 80.2 Å². The SMILES string of the molecule is C[C@@H]1COC(=O)N1c1cc(-c2ccnc(Nc3cccc(Cl)c3)n2)ccn1. The summed E-state index contributed by atoms with van der Waals surface area (Å²) in [6.45, 7) is 2.27. The molecular weight excluding hydrogens is 366 g/mol. The van der Waals surface area contributed by atoms with Gasteiger partial charge < -0.3 is 10.1 Å². The number of pyridine rings is 1. The number of carbonyl (C=O) groups excluding carboxylic acids is 1. The van der Waals surface area contributed by atoms with Crippen LogP contribution in [0.1, 0.15) is 6.92 Å². The van der Waals surface area contributed by atoms with Gasteiger partial charge >= 0.3 is 6.09 Å². The van der Waals surface area contributed by atoms with E-state index in [0.29, 0.717) is 29.1 Å². The molecule has 0 aliphatic carbocycles. The highest BCUT2D eigenvalue weighted by Crippen LogP contribution is 2.26. The largest absolute Gasteiger partial charge is 0.447 e. The van der Waals surface area contributed by atoms with Gasteiger partial charge in [0.15, 0.2) is 0 Å². The summed E-state index contributed by atoms with van der Waals surface area (Å²) in [6, 6.07) is 12.7. The summed E-state index contributed by atoms with van der Waals surface area (Å²) in [5, 5.41) is 3.76. The molecule has 1 saturated heterocycles. The molecule has 1 aliphatic rings. The van der Waals surface area contributed by atoms with E-state index in [1.165, 1.54) is 4.90 Å². The molecule has 1 atom stereocenters. The Hall–Kier alpha value is -3.19. The van der Waals surface area contributed by atoms with Gasteiger partial charge in [-0.1, -0.05) is 17.7 Å². The van der Waals surface area contributed by atoms with E-state index in [2.05, 4.69) is 20.3 Å². The summed E-state index contributed by atoms with van der Waals surface area (Å²) in [4.78, 5) is 26.6. The quantitative estimate of drug-likeness (QED) is 0.726. The van der Waals surface area contributed by atoms with Crippen LogP contribution < -0.4 is 10.2 Å². The molecule has 0 bridgehead atoms. The molecule has 0 spiro atoms. The standard InChI is InChI=1S/C19H16ClN5O2/c1-12-11-27-19(26)25(12)17-9-13(5-7-21-17)16-6-8-22-18(24-16)23-15-4-2-3-14(20)10-15/h2-10,12H,11H2,1H3,(H,22,23,24)/t12-/m1/s1. The number of cyclic esters (lactones) is 1. The van der Waals surface area contributed by atoms with Crippen LogP contribution in [0.2, 0.25) is 5.02 Å². The maximum Gasteiger partial charge on any atom is 0.415 e. The van der Waals surface area contributed by atoms with E-state index in [-0.39, 0.29) is 6.04 Å². The minimum Gasteiger partial charge on any atom is -0.447 e. The first-order valence-electron chi connectivity index (χ1n) is 8.38. The van der Waals surface area contributed by atoms with E-state index in [1.54, 1.807) is 30.6 Å². The molecule has 8 heteroatoms. The van der Waals surface area contributed by atoms with Crippen molar-refractivity contribution in [2.45, 2.75) is 13.0 Å². The average Bonchev–Trinajstić information content (AvgIpc) is 3.00. The van der Waals surface area contributed by atoms with Gasteiger partial charge in [-0.25, -0.2) is 19.7 Å². The number of carbonyl (C=O) groups is 1. The first-order chi connectivity index (χ1) is 13.1. The van der Waals surface area contributed by atoms with E-state index in [9.17, 15) is 4.79 Å². The van der Waals surface area contributed by atoms with Crippen molar-refractivity contribution in [3.63, 3.8) is 0 Å². The van der Waals surface area contributed by atoms with E-state index in [0.717, 1.165) is 11.3 Å². The van der Waals surface area contributed by atoms with Crippen molar-refractivity contribution in [1.82, 2.24) is 15.0 Å². The number of amides is 1. The number of hydrogen-bond acceptors (Lipinski definition) is 6. The van der Waals surface area contributed by atoms with Gasteiger partial charge in [-0.05, 0) is 43.3 Å². The summed E-state index contributed by atoms with van der Waals surface area (Å²) < 4.78 is 5.07. The molecule has 1 aliphatic heterocycles. The lowest BCUT2D eigenvalue weighted by Crippen LogP contribution is -2.31. The molecule has 0 saturated carbocycles. The Morgan fingerprint density at radius 2 is 2.04 bits per heavy atom. The number of hydrogen-bond donors (Lipinski definition) is 1. The zero-order valence-electron chi connectivity index (χ0n) is 14.5. The summed E-state index contributed by atoms with van der Waals surface area (Å²) in [5.74, 6) is 0.979. The zero-order chi connectivity index (χ0) is 18.8. The van der Waals surface area contributed by atoms with Crippen molar-refractivity contribution < 1.29 is 9.53 Å². The Kier molecular flexibility index (Phi) is 4.60. The smallest absolute Gasteiger partial charge is 0.415 e. The van der Waals surface area contributed by atoms with Gasteiger partial charge in [-0.2, -0.15) is 0 Å². The number of rotatable bonds is 4. The Labute approximate surface area is 161 Å². The molecule has 7 nitrogen and oxygen atoms in total. The lowest BCUT2D eigenvalue weighted by Gasteiger charge is -2.17. The molecule has 3 aromatic rings. The number of ether oxygens (including phenoxy) is 1. The van der Waals surface area contributed by atoms with Gasteiger partial charge in [0.2, 0.25) is 5.95 Å². The number of anilines is 3. The first-order valence-corrected chi connectivity index (χ1v) is 8.76. The number of nitrogens with one attached hydrogen (secondary N) is 1. The molecule has 4 rings (SSSR count). The van der Waals surface area contributed by atoms with Crippen molar-refractivity contribution in [2.75, 3.05) is 16.8 Å². The fourth-order valence-electron chi connectivity index (χ4n) is 2.82. The van der Waals surface area contributed by atoms with Crippen LogP contribution in [-0.2, 0) is 4.74 Å². The molecule has 1 aromatic carbocycles. The van der Waals surface area contributed by atoms with Crippen molar-refractivity contribution in [3.8, 4) is 11.3 Å². The lowest BCUT2D eigenvalue weighted by atomic mass is 10.2. The minimum atomic E-state index is -0.391. The second kappa shape index (κ2) is 7.20. The van der Waals surface area contributed by atoms with Crippen LogP contribution in [0.4, 0.5) is 22.2 Å². The average molecular weight is 382 g/mol. The van der Waals surface area contributed by atoms with E-state index < -0.39 is 6.09 Å². The fourth-order valence-corrected chi connectivity index (χ4v) is 3.01. The Balaban J connectivity index is 1.62. The van der Waals surface area contributed by atoms with Crippen molar-refractivity contribution >= 4 is 35.1 Å². The van der Waals surface area contributed by atoms with Gasteiger partial charge in [0.25, 0.3) is 0 Å². The molecule has 1 fully saturated rings. The molecule has 0 radical (unpaired) electrons. The molecule has 1 N–H and O–H groups in total. The summed E-state index contributed by atoms with van der Waals surface area (Å²) in [7, 11) is 0. The third kappa shape index (κ3) is 3.68. The van der Waals surface area contributed by atoms with Gasteiger partial charge in [-0.3, -0.25) is 4.90 Å². The number of aromatic nitrogens is 3. The van der Waals surface area contributed by atoms with Crippen LogP contribution in [0.5, 0.6) is 0 Å². The molecule has 136 valence electrons. The molecule has 1 amide bonds. The van der Waals surface area contributed by atoms with Crippen LogP contribution in [-0.4, -0.2) is 33.7 Å². The molecule has 2 aromatic heterocycles. The maximum atomic E-state index is 11.9. The van der Waals surface area contributed by atoms with E-state index in [1.807, 2.05) is 31.2 Å². The van der Waals surface area contributed by atoms with Crippen molar-refractivity contribution in [2.24, 2.45) is 0 Å². The third-order valence-electron chi connectivity index (χ3n) is 4.11. The van der Waals surface area contributed by atoms with E-state index >= 15 is 0 Å². The number of halogens is 1. The Morgan fingerprint density at radius 3 is 2.81 bits per heavy atom. The van der Waals surface area contributed by atoms with Crippen molar-refractivity contribution in [1.29, 1.82) is 0 Å². The highest BCUT2D eigenvalue weighted by atomic mass is 35.5. The Morgan fingerprint density at radius 1 is 1.19 bits per heavy atom. The van der Waals surface area contributed by atoms with Gasteiger partial charge in [-0.15, -0.1) is 0 Å². The van der Waals surface area contributed by atoms with Gasteiger partial charge in [0.05, 0.1) is 11.7 Å². The fraction of sp³-hybridized carbons (Fsp3) is 0.158. The third-order valence-corrected chi connectivity index (χ3v) is 4.35. The highest BCUT2D eigenvalue weighted by Gasteiger charge is 2.31. The normalized spacial score (nSPS) is 16.3. The second-order valence-electron chi connectivity index (χ2n) is 6.10. The second-order valence-corrected chi connectivity index (χ2v) is 6.54. The number of benzene rings is 1. The van der Waals surface area contributed by atoms with Gasteiger partial charge in [0.1, 0.15) is 12.4 Å². The highest BCUT2D eigenvalue weighted by molar-refractivity contribution is 6.30. The van der Waals surface area contributed by atoms with Crippen molar-refractivity contribution in [3.05, 3.63) is 59.9 Å². The van der Waals surface area contributed by atoms with Crippen LogP contribution >= 0.6 is 11.6 Å². The Bertz CT molecular complexity index is 997. The summed E-state index contributed by atoms with van der Waals surface area (Å²) in [6.07, 6.45) is 2.93. The van der Waals surface area contributed by atoms with Crippen LogP contribution in [0.15, 0.2) is 54.9 Å². The summed E-state index contributed by atoms with van der Waals surface area (Å²) in [5.41, 5.74) is 2.32. The molecule has 0 unspecified atom stereocenters. The zero-order valence-corrected chi connectivity index (χ0v) is 15.2. The molecule has 27 heavy (non-hydrogen) atoms. The predicted molar refractivity (Wildman–Crippen MR) is 103 cm³/mol. The first kappa shape index (κ1) is 17.2. The van der Waals surface area contributed by atoms with E-state index in [4.69, 9.17) is 16.3 Å². The van der Waals surface area contributed by atoms with Crippen LogP contribution in [0.25, 0.3) is 11.3 Å². The van der Waals surface area contributed by atoms with Gasteiger partial charge in [0, 0.05) is 28.7 Å². The van der Waals surface area contributed by atoms with Crippen LogP contribution in [0.3, 0.4) is 0 Å². The summed E-state index contributed by atoms with van der Waals surface area (Å²) >= 11 is 6.01. The molecule has 3 heterocycles. The lowest BCUT2D eigenvalue weighted by molar-refractivity contribution is 0.179. The van der Waals surface area contributed by atoms with Crippen LogP contribution in [0, 0.1) is 0 Å². The predicted octanol–water partition coefficient (Wildman–Crippen LogP) is 4.28. The number of nitrogens with zero attached hydrogens (tertiary/aromatic N) is 4. The maximum absolute atomic E-state index is 11.9. The molecular formula is C19H16ClN5O2. The minimum absolute atomic E-state index is 0.0642.